The fraction of sp³-hybridized carbons (Fsp3) is 0.182. The third kappa shape index (κ3) is 4.36. The monoisotopic (exact) mass is 469 g/mol. The molecule has 0 aliphatic rings. The van der Waals surface area contributed by atoms with Crippen LogP contribution in [0.2, 0.25) is 0 Å². The van der Waals surface area contributed by atoms with Crippen LogP contribution in [0.15, 0.2) is 58.5 Å². The maximum atomic E-state index is 12.4. The average molecular weight is 470 g/mol. The molecule has 2 aromatic heterocycles. The van der Waals surface area contributed by atoms with Crippen LogP contribution in [-0.2, 0) is 11.2 Å². The van der Waals surface area contributed by atoms with E-state index < -0.39 is 0 Å². The van der Waals surface area contributed by atoms with Crippen molar-refractivity contribution in [2.45, 2.75) is 19.8 Å². The fourth-order valence-corrected chi connectivity index (χ4v) is 4.25. The molecule has 29 heavy (non-hydrogen) atoms. The highest BCUT2D eigenvalue weighted by molar-refractivity contribution is 9.10. The number of nitrogens with zero attached hydrogens (tertiary/aromatic N) is 2. The molecule has 0 bridgehead atoms. The van der Waals surface area contributed by atoms with Gasteiger partial charge in [0.25, 0.3) is 0 Å². The molecule has 0 saturated carbocycles. The summed E-state index contributed by atoms with van der Waals surface area (Å²) in [5, 5.41) is 5.04. The smallest absolute Gasteiger partial charge is 0.224 e. The highest BCUT2D eigenvalue weighted by Gasteiger charge is 2.12. The fourth-order valence-electron chi connectivity index (χ4n) is 3.10. The number of hydrogen-bond donors (Lipinski definition) is 1. The van der Waals surface area contributed by atoms with Crippen LogP contribution in [0.4, 0.5) is 5.69 Å². The number of amides is 1. The number of imidazole rings is 1. The molecule has 2 aromatic carbocycles. The first-order valence-corrected chi connectivity index (χ1v) is 10.9. The molecule has 1 amide bonds. The second-order valence-electron chi connectivity index (χ2n) is 6.75. The first kappa shape index (κ1) is 19.7. The number of halogens is 1. The molecule has 0 atom stereocenters. The van der Waals surface area contributed by atoms with Crippen molar-refractivity contribution in [3.8, 4) is 17.0 Å². The van der Waals surface area contributed by atoms with Crippen molar-refractivity contribution >= 4 is 43.8 Å². The van der Waals surface area contributed by atoms with Crippen LogP contribution in [0.1, 0.15) is 17.7 Å². The molecule has 0 radical (unpaired) electrons. The topological polar surface area (TPSA) is 55.6 Å². The number of rotatable bonds is 6. The Morgan fingerprint density at radius 3 is 2.76 bits per heavy atom. The van der Waals surface area contributed by atoms with Crippen molar-refractivity contribution in [1.29, 1.82) is 0 Å². The van der Waals surface area contributed by atoms with E-state index in [4.69, 9.17) is 9.72 Å². The van der Waals surface area contributed by atoms with E-state index in [0.717, 1.165) is 43.4 Å². The van der Waals surface area contributed by atoms with Gasteiger partial charge in [-0.05, 0) is 61.4 Å². The van der Waals surface area contributed by atoms with Gasteiger partial charge >= 0.3 is 0 Å². The lowest BCUT2D eigenvalue weighted by atomic mass is 10.1. The van der Waals surface area contributed by atoms with Crippen molar-refractivity contribution < 1.29 is 9.53 Å². The van der Waals surface area contributed by atoms with Crippen molar-refractivity contribution in [1.82, 2.24) is 9.38 Å². The van der Waals surface area contributed by atoms with Crippen LogP contribution in [0.25, 0.3) is 16.2 Å². The number of aryl methyl sites for hydroxylation is 2. The van der Waals surface area contributed by atoms with Gasteiger partial charge in [-0.3, -0.25) is 9.20 Å². The Morgan fingerprint density at radius 1 is 1.24 bits per heavy atom. The molecule has 5 nitrogen and oxygen atoms in total. The number of ether oxygens (including phenoxy) is 1. The number of thiazole rings is 1. The molecular weight excluding hydrogens is 450 g/mol. The molecule has 0 fully saturated rings. The molecule has 1 N–H and O–H groups in total. The van der Waals surface area contributed by atoms with Gasteiger partial charge in [0, 0.05) is 39.4 Å². The summed E-state index contributed by atoms with van der Waals surface area (Å²) in [4.78, 5) is 18.0. The first-order valence-electron chi connectivity index (χ1n) is 9.19. The lowest BCUT2D eigenvalue weighted by Crippen LogP contribution is -2.12. The molecule has 4 rings (SSSR count). The Kier molecular flexibility index (Phi) is 5.69. The minimum atomic E-state index is 0.00145. The molecule has 0 unspecified atom stereocenters. The van der Waals surface area contributed by atoms with E-state index in [-0.39, 0.29) is 5.91 Å². The van der Waals surface area contributed by atoms with Crippen LogP contribution >= 0.6 is 27.3 Å². The third-order valence-corrected chi connectivity index (χ3v) is 6.50. The zero-order valence-corrected chi connectivity index (χ0v) is 18.5. The summed E-state index contributed by atoms with van der Waals surface area (Å²) < 4.78 is 8.32. The molecule has 7 heteroatoms. The van der Waals surface area contributed by atoms with E-state index in [2.05, 4.69) is 31.0 Å². The predicted molar refractivity (Wildman–Crippen MR) is 121 cm³/mol. The molecule has 2 heterocycles. The zero-order valence-electron chi connectivity index (χ0n) is 16.1. The van der Waals surface area contributed by atoms with Gasteiger partial charge in [0.15, 0.2) is 4.96 Å². The number of benzene rings is 2. The summed E-state index contributed by atoms with van der Waals surface area (Å²) in [6.45, 7) is 2.00. The third-order valence-electron chi connectivity index (χ3n) is 4.72. The van der Waals surface area contributed by atoms with Gasteiger partial charge in [-0.15, -0.1) is 11.3 Å². The number of fused-ring (bicyclic) bond motifs is 1. The number of carbonyl (C=O) groups excluding carboxylic acids is 1. The predicted octanol–water partition coefficient (Wildman–Crippen LogP) is 5.71. The van der Waals surface area contributed by atoms with Gasteiger partial charge in [0.2, 0.25) is 5.91 Å². The Bertz CT molecular complexity index is 1160. The van der Waals surface area contributed by atoms with E-state index in [0.29, 0.717) is 12.8 Å². The summed E-state index contributed by atoms with van der Waals surface area (Å²) in [6.07, 6.45) is 3.09. The van der Waals surface area contributed by atoms with Crippen molar-refractivity contribution in [2.75, 3.05) is 12.4 Å². The highest BCUT2D eigenvalue weighted by Crippen LogP contribution is 2.26. The van der Waals surface area contributed by atoms with Gasteiger partial charge in [-0.2, -0.15) is 0 Å². The number of aromatic nitrogens is 2. The minimum absolute atomic E-state index is 0.00145. The maximum absolute atomic E-state index is 12.4. The van der Waals surface area contributed by atoms with Crippen LogP contribution in [0.5, 0.6) is 5.75 Å². The average Bonchev–Trinajstić information content (AvgIpc) is 3.30. The van der Waals surface area contributed by atoms with Crippen LogP contribution in [-0.4, -0.2) is 22.4 Å². The molecule has 0 saturated heterocycles. The molecule has 0 aliphatic heterocycles. The Labute approximate surface area is 181 Å². The van der Waals surface area contributed by atoms with Gasteiger partial charge in [-0.1, -0.05) is 15.9 Å². The summed E-state index contributed by atoms with van der Waals surface area (Å²) in [6, 6.07) is 13.7. The van der Waals surface area contributed by atoms with Crippen LogP contribution in [0, 0.1) is 6.92 Å². The molecular formula is C22H20BrN3O2S. The summed E-state index contributed by atoms with van der Waals surface area (Å²) >= 11 is 5.06. The second-order valence-corrected chi connectivity index (χ2v) is 8.44. The molecule has 0 aliphatic carbocycles. The largest absolute Gasteiger partial charge is 0.497 e. The van der Waals surface area contributed by atoms with E-state index in [9.17, 15) is 4.79 Å². The van der Waals surface area contributed by atoms with E-state index in [1.165, 1.54) is 0 Å². The number of nitrogens with one attached hydrogen (secondary N) is 1. The van der Waals surface area contributed by atoms with Crippen molar-refractivity contribution in [3.05, 3.63) is 69.8 Å². The molecule has 148 valence electrons. The Morgan fingerprint density at radius 2 is 2.03 bits per heavy atom. The maximum Gasteiger partial charge on any atom is 0.224 e. The highest BCUT2D eigenvalue weighted by atomic mass is 79.9. The Balaban J connectivity index is 1.44. The summed E-state index contributed by atoms with van der Waals surface area (Å²) in [5.74, 6) is 0.823. The standard InChI is InChI=1S/C22H20BrN3O2S/c1-14-11-16(5-9-19(14)23)24-21(27)10-6-17-13-29-22-25-20(12-26(17)22)15-3-7-18(28-2)8-4-15/h3-5,7-9,11-13H,6,10H2,1-2H3,(H,24,27). The van der Waals surface area contributed by atoms with Crippen molar-refractivity contribution in [3.63, 3.8) is 0 Å². The SMILES string of the molecule is COc1ccc(-c2cn3c(CCC(=O)Nc4ccc(Br)c(C)c4)csc3n2)cc1. The molecule has 0 spiro atoms. The lowest BCUT2D eigenvalue weighted by molar-refractivity contribution is -0.116. The van der Waals surface area contributed by atoms with Gasteiger partial charge in [-0.25, -0.2) is 4.98 Å². The first-order chi connectivity index (χ1) is 14.0. The summed E-state index contributed by atoms with van der Waals surface area (Å²) in [7, 11) is 1.65. The second kappa shape index (κ2) is 8.39. The zero-order chi connectivity index (χ0) is 20.4. The van der Waals surface area contributed by atoms with Gasteiger partial charge in [0.1, 0.15) is 5.75 Å². The lowest BCUT2D eigenvalue weighted by Gasteiger charge is -2.07. The molecule has 4 aromatic rings. The number of anilines is 1. The van der Waals surface area contributed by atoms with Crippen molar-refractivity contribution in [2.24, 2.45) is 0 Å². The van der Waals surface area contributed by atoms with Gasteiger partial charge in [0.05, 0.1) is 12.8 Å². The van der Waals surface area contributed by atoms with Gasteiger partial charge < -0.3 is 10.1 Å². The van der Waals surface area contributed by atoms with Crippen LogP contribution < -0.4 is 10.1 Å². The number of hydrogen-bond acceptors (Lipinski definition) is 4. The number of carbonyl (C=O) groups is 1. The quantitative estimate of drug-likeness (QED) is 0.393. The van der Waals surface area contributed by atoms with Crippen LogP contribution in [0.3, 0.4) is 0 Å². The van der Waals surface area contributed by atoms with E-state index >= 15 is 0 Å². The normalized spacial score (nSPS) is 11.0. The van der Waals surface area contributed by atoms with E-state index in [1.807, 2.05) is 55.6 Å². The Hall–Kier alpha value is -2.64. The number of methoxy groups -OCH3 is 1. The van der Waals surface area contributed by atoms with E-state index in [1.54, 1.807) is 18.4 Å². The summed E-state index contributed by atoms with van der Waals surface area (Å²) in [5.41, 5.74) is 4.94. The minimum Gasteiger partial charge on any atom is -0.497 e.